The molecule has 412 valence electrons. The second-order valence-electron chi connectivity index (χ2n) is 20.8. The summed E-state index contributed by atoms with van der Waals surface area (Å²) >= 11 is -0.501. The number of carbonyl (C=O) groups excluding carboxylic acids is 1. The van der Waals surface area contributed by atoms with Crippen LogP contribution in [0.1, 0.15) is 138 Å². The molecule has 3 aromatic rings. The van der Waals surface area contributed by atoms with Crippen molar-refractivity contribution in [2.75, 3.05) is 35.0 Å². The number of esters is 1. The number of benzene rings is 3. The van der Waals surface area contributed by atoms with Gasteiger partial charge in [0, 0.05) is 0 Å². The molecular formula is C63H97IO8SiSn. The van der Waals surface area contributed by atoms with E-state index in [-0.39, 0.29) is 30.3 Å². The zero-order valence-corrected chi connectivity index (χ0v) is 54.4. The zero-order valence-electron chi connectivity index (χ0n) is 48.4. The van der Waals surface area contributed by atoms with Gasteiger partial charge in [0.2, 0.25) is 0 Å². The van der Waals surface area contributed by atoms with Crippen LogP contribution in [0.15, 0.2) is 122 Å². The monoisotopic (exact) mass is 1260 g/mol. The van der Waals surface area contributed by atoms with Gasteiger partial charge in [0.1, 0.15) is 0 Å². The van der Waals surface area contributed by atoms with E-state index in [1.807, 2.05) is 55.5 Å². The average molecular weight is 1260 g/mol. The van der Waals surface area contributed by atoms with Gasteiger partial charge in [-0.05, 0) is 41.5 Å². The molecule has 0 N–H and O–H groups in total. The van der Waals surface area contributed by atoms with Gasteiger partial charge in [-0.2, -0.15) is 0 Å². The van der Waals surface area contributed by atoms with Crippen LogP contribution < -0.4 is 9.47 Å². The second kappa shape index (κ2) is 34.1. The van der Waals surface area contributed by atoms with Gasteiger partial charge in [-0.15, -0.1) is 0 Å². The first-order valence-corrected chi connectivity index (χ1v) is 39.3. The van der Waals surface area contributed by atoms with Gasteiger partial charge >= 0.3 is 339 Å². The van der Waals surface area contributed by atoms with E-state index in [1.165, 1.54) is 57.4 Å². The summed E-state index contributed by atoms with van der Waals surface area (Å²) in [6, 6.07) is 29.7. The molecule has 0 spiro atoms. The third kappa shape index (κ3) is 18.9. The summed E-state index contributed by atoms with van der Waals surface area (Å²) in [7, 11) is 4.69. The Bertz CT molecular complexity index is 2090. The van der Waals surface area contributed by atoms with Crippen LogP contribution in [0.3, 0.4) is 0 Å². The molecule has 0 saturated heterocycles. The van der Waals surface area contributed by atoms with E-state index < -0.39 is 50.5 Å². The third-order valence-electron chi connectivity index (χ3n) is 15.4. The van der Waals surface area contributed by atoms with Gasteiger partial charge in [0.05, 0.1) is 14.2 Å². The standard InChI is InChI=1S/C51H70IO8Si.3C4H9.Sn/c1-14-46(56-12)49(59-50(53)47(57-13)33-36(5)31-38(7)48(39(8)32-37(6)34-52)60-61(15-2,16-3)17-4)40(9)35-58-51(41-21-19-18-20-22-41,42-23-27-44(54-10)28-24-42)43-25-29-45(55-11)30-26-43;3*1-3-4-2;/h1,14,18-31,33-34,38-40,46,48-49H,15-17,32,35H2,2-13H3;3*1,3-4H2,2H3;/b14-1?,36-31+,37-34+,47-33-;;;;/t38-,39+,40+,46+,48-,49-;;;;/m1..../s1. The van der Waals surface area contributed by atoms with Gasteiger partial charge in [0.25, 0.3) is 0 Å². The molecule has 11 heteroatoms. The summed E-state index contributed by atoms with van der Waals surface area (Å²) in [5, 5.41) is 0. The van der Waals surface area contributed by atoms with Gasteiger partial charge in [-0.1, -0.05) is 55.9 Å². The molecule has 0 aromatic heterocycles. The number of ether oxygens (including phenoxy) is 6. The van der Waals surface area contributed by atoms with Gasteiger partial charge in [-0.3, -0.25) is 0 Å². The van der Waals surface area contributed by atoms with Crippen molar-refractivity contribution in [2.45, 2.75) is 176 Å². The number of unbranched alkanes of at least 4 members (excludes halogenated alkanes) is 3. The van der Waals surface area contributed by atoms with Crippen molar-refractivity contribution in [3.05, 3.63) is 139 Å². The maximum absolute atomic E-state index is 14.8. The average Bonchev–Trinajstić information content (AvgIpc) is 3.43. The number of rotatable bonds is 36. The molecule has 0 aliphatic rings. The Hall–Kier alpha value is -2.88. The fourth-order valence-corrected chi connectivity index (χ4v) is 28.2. The van der Waals surface area contributed by atoms with Crippen LogP contribution in [-0.2, 0) is 33.8 Å². The van der Waals surface area contributed by atoms with Crippen LogP contribution in [0.25, 0.3) is 0 Å². The summed E-state index contributed by atoms with van der Waals surface area (Å²) in [6.45, 7) is 24.9. The summed E-state index contributed by atoms with van der Waals surface area (Å²) in [6.07, 6.45) is 13.3. The van der Waals surface area contributed by atoms with E-state index in [0.717, 1.165) is 58.3 Å². The maximum atomic E-state index is 14.8. The molecule has 0 bridgehead atoms. The molecule has 6 atom stereocenters. The van der Waals surface area contributed by atoms with Crippen LogP contribution in [0.5, 0.6) is 11.5 Å². The molecule has 0 aliphatic carbocycles. The Balaban J connectivity index is 2.24. The number of carbonyl (C=O) groups is 1. The zero-order chi connectivity index (χ0) is 54.7. The first-order valence-electron chi connectivity index (χ1n) is 27.9. The van der Waals surface area contributed by atoms with E-state index in [2.05, 4.69) is 149 Å². The first kappa shape index (κ1) is 65.4. The number of hydrogen-bond acceptors (Lipinski definition) is 8. The molecule has 74 heavy (non-hydrogen) atoms. The van der Waals surface area contributed by atoms with Crippen molar-refractivity contribution < 1.29 is 37.6 Å². The quantitative estimate of drug-likeness (QED) is 0.0108. The molecule has 0 unspecified atom stereocenters. The summed E-state index contributed by atoms with van der Waals surface area (Å²) < 4.78 is 54.0. The van der Waals surface area contributed by atoms with Gasteiger partial charge in [0.15, 0.2) is 8.32 Å². The normalized spacial score (nSPS) is 15.6. The predicted octanol–water partition coefficient (Wildman–Crippen LogP) is 17.4. The molecular weight excluding hydrogens is 1160 g/mol. The molecule has 0 heterocycles. The number of allylic oxidation sites excluding steroid dienone is 3. The third-order valence-corrected chi connectivity index (χ3v) is 35.2. The number of methoxy groups -OCH3 is 4. The molecule has 8 nitrogen and oxygen atoms in total. The van der Waals surface area contributed by atoms with E-state index in [1.54, 1.807) is 28.4 Å². The Morgan fingerprint density at radius 3 is 1.62 bits per heavy atom. The Morgan fingerprint density at radius 1 is 0.689 bits per heavy atom. The summed E-state index contributed by atoms with van der Waals surface area (Å²) in [5.74, 6) is 1.12. The van der Waals surface area contributed by atoms with Crippen LogP contribution in [0.2, 0.25) is 31.4 Å². The molecule has 0 aliphatic heterocycles. The van der Waals surface area contributed by atoms with Crippen LogP contribution in [-0.4, -0.2) is 86.0 Å². The van der Waals surface area contributed by atoms with E-state index in [0.29, 0.717) is 5.92 Å². The van der Waals surface area contributed by atoms with E-state index in [4.69, 9.17) is 32.8 Å². The number of hydrogen-bond donors (Lipinski definition) is 0. The molecule has 3 aromatic carbocycles. The van der Waals surface area contributed by atoms with E-state index >= 15 is 0 Å². The van der Waals surface area contributed by atoms with Crippen molar-refractivity contribution in [3.8, 4) is 11.5 Å². The van der Waals surface area contributed by atoms with Crippen molar-refractivity contribution >= 4 is 55.3 Å². The Morgan fingerprint density at radius 2 is 1.19 bits per heavy atom. The topological polar surface area (TPSA) is 81.7 Å². The van der Waals surface area contributed by atoms with Crippen molar-refractivity contribution in [1.29, 1.82) is 0 Å². The number of halogens is 1. The molecule has 3 rings (SSSR count). The minimum absolute atomic E-state index is 0.0249. The van der Waals surface area contributed by atoms with Crippen LogP contribution in [0.4, 0.5) is 0 Å². The second-order valence-corrected chi connectivity index (χ2v) is 39.2. The van der Waals surface area contributed by atoms with Crippen molar-refractivity contribution in [2.24, 2.45) is 17.8 Å². The molecule has 0 fully saturated rings. The van der Waals surface area contributed by atoms with Crippen LogP contribution >= 0.6 is 22.6 Å². The molecule has 0 amide bonds. The SMILES string of the molecule is CCC[CH2][Sn](/[CH]=C/[C@H](OC)[C@H](OC(=O)/C(=C/C(C)=C/[C@@H](C)[C@@H](O[Si](CC)(CC)CC)[C@@H](C)C/C(C)=C/I)OC)[C@@H](C)COC(c1ccccc1)(c1ccc(OC)cc1)c1ccc(OC)cc1)([CH2]CCC)[CH2]CCC. The van der Waals surface area contributed by atoms with Gasteiger partial charge < -0.3 is 13.9 Å². The Labute approximate surface area is 469 Å². The van der Waals surface area contributed by atoms with Crippen LogP contribution in [0, 0.1) is 17.8 Å². The molecule has 0 radical (unpaired) electrons. The van der Waals surface area contributed by atoms with Crippen molar-refractivity contribution in [1.82, 2.24) is 0 Å². The first-order chi connectivity index (χ1) is 35.6. The fraction of sp³-hybridized carbons (Fsp3) is 0.571. The Kier molecular flexibility index (Phi) is 30.1. The molecule has 0 saturated carbocycles. The van der Waals surface area contributed by atoms with E-state index in [9.17, 15) is 4.79 Å². The minimum atomic E-state index is -2.85. The predicted molar refractivity (Wildman–Crippen MR) is 324 cm³/mol. The summed E-state index contributed by atoms with van der Waals surface area (Å²) in [4.78, 5) is 14.8. The van der Waals surface area contributed by atoms with Crippen molar-refractivity contribution in [3.63, 3.8) is 0 Å². The van der Waals surface area contributed by atoms with Gasteiger partial charge in [-0.25, -0.2) is 0 Å². The fourth-order valence-electron chi connectivity index (χ4n) is 10.6. The summed E-state index contributed by atoms with van der Waals surface area (Å²) in [5.41, 5.74) is 3.99.